The van der Waals surface area contributed by atoms with Gasteiger partial charge in [-0.3, -0.25) is 0 Å². The molecule has 0 spiro atoms. The van der Waals surface area contributed by atoms with Crippen LogP contribution in [-0.2, 0) is 13.0 Å². The summed E-state index contributed by atoms with van der Waals surface area (Å²) in [6, 6.07) is 9.05. The molecule has 0 aliphatic heterocycles. The van der Waals surface area contributed by atoms with Gasteiger partial charge in [0, 0.05) is 28.4 Å². The molecule has 3 nitrogen and oxygen atoms in total. The van der Waals surface area contributed by atoms with Gasteiger partial charge in [0.1, 0.15) is 11.5 Å². The Morgan fingerprint density at radius 1 is 1.11 bits per heavy atom. The van der Waals surface area contributed by atoms with Crippen LogP contribution in [0.4, 0.5) is 0 Å². The zero-order valence-corrected chi connectivity index (χ0v) is 12.0. The van der Waals surface area contributed by atoms with Crippen molar-refractivity contribution in [1.82, 2.24) is 5.32 Å². The molecule has 0 bridgehead atoms. The van der Waals surface area contributed by atoms with Gasteiger partial charge in [0.25, 0.3) is 0 Å². The lowest BCUT2D eigenvalue weighted by Gasteiger charge is -2.14. The topological polar surface area (TPSA) is 52.5 Å². The Labute approximate surface area is 117 Å². The third kappa shape index (κ3) is 3.72. The van der Waals surface area contributed by atoms with Crippen LogP contribution in [0.3, 0.4) is 0 Å². The predicted octanol–water partition coefficient (Wildman–Crippen LogP) is 3.57. The second-order valence-electron chi connectivity index (χ2n) is 4.61. The molecule has 0 amide bonds. The highest BCUT2D eigenvalue weighted by Crippen LogP contribution is 2.25. The number of hydrogen-bond donors (Lipinski definition) is 3. The molecule has 2 rings (SSSR count). The average Bonchev–Trinajstić information content (AvgIpc) is 2.82. The molecule has 1 atom stereocenters. The van der Waals surface area contributed by atoms with Crippen molar-refractivity contribution < 1.29 is 10.2 Å². The molecule has 1 aromatic heterocycles. The molecular weight excluding hydrogens is 258 g/mol. The summed E-state index contributed by atoms with van der Waals surface area (Å²) in [6.07, 6.45) is 1.07. The van der Waals surface area contributed by atoms with E-state index in [0.29, 0.717) is 0 Å². The Morgan fingerprint density at radius 3 is 2.32 bits per heavy atom. The second-order valence-corrected chi connectivity index (χ2v) is 5.86. The Hall–Kier alpha value is -1.52. The predicted molar refractivity (Wildman–Crippen MR) is 78.7 cm³/mol. The molecule has 4 heteroatoms. The van der Waals surface area contributed by atoms with Crippen molar-refractivity contribution in [3.63, 3.8) is 0 Å². The first-order valence-electron chi connectivity index (χ1n) is 6.42. The van der Waals surface area contributed by atoms with Crippen LogP contribution < -0.4 is 5.32 Å². The van der Waals surface area contributed by atoms with Crippen LogP contribution in [0, 0.1) is 0 Å². The summed E-state index contributed by atoms with van der Waals surface area (Å²) in [7, 11) is 0. The minimum atomic E-state index is 0.0742. The van der Waals surface area contributed by atoms with E-state index >= 15 is 0 Å². The highest BCUT2D eigenvalue weighted by Gasteiger charge is 2.08. The monoisotopic (exact) mass is 277 g/mol. The lowest BCUT2D eigenvalue weighted by atomic mass is 10.1. The number of phenolic OH excluding ortho intramolecular Hbond substituents is 2. The van der Waals surface area contributed by atoms with Crippen molar-refractivity contribution in [2.45, 2.75) is 32.9 Å². The highest BCUT2D eigenvalue weighted by molar-refractivity contribution is 7.11. The van der Waals surface area contributed by atoms with Crippen molar-refractivity contribution in [3.8, 4) is 11.5 Å². The quantitative estimate of drug-likeness (QED) is 0.783. The maximum Gasteiger partial charge on any atom is 0.119 e. The molecule has 1 unspecified atom stereocenters. The average molecular weight is 277 g/mol. The Morgan fingerprint density at radius 2 is 1.74 bits per heavy atom. The molecular formula is C15H19NO2S. The summed E-state index contributed by atoms with van der Waals surface area (Å²) in [6.45, 7) is 4.96. The van der Waals surface area contributed by atoms with E-state index in [-0.39, 0.29) is 17.5 Å². The summed E-state index contributed by atoms with van der Waals surface area (Å²) in [5.41, 5.74) is 0.879. The van der Waals surface area contributed by atoms with Crippen LogP contribution in [0.2, 0.25) is 0 Å². The minimum Gasteiger partial charge on any atom is -0.508 e. The molecule has 1 heterocycles. The summed E-state index contributed by atoms with van der Waals surface area (Å²) in [5.74, 6) is 0.182. The zero-order chi connectivity index (χ0) is 13.8. The van der Waals surface area contributed by atoms with E-state index in [2.05, 4.69) is 24.4 Å². The fraction of sp³-hybridized carbons (Fsp3) is 0.333. The van der Waals surface area contributed by atoms with Gasteiger partial charge in [-0.25, -0.2) is 0 Å². The molecule has 102 valence electrons. The molecule has 0 aliphatic rings. The minimum absolute atomic E-state index is 0.0742. The van der Waals surface area contributed by atoms with E-state index in [1.54, 1.807) is 12.1 Å². The van der Waals surface area contributed by atoms with E-state index in [1.807, 2.05) is 18.3 Å². The molecule has 0 fully saturated rings. The molecule has 3 N–H and O–H groups in total. The van der Waals surface area contributed by atoms with Gasteiger partial charge < -0.3 is 15.5 Å². The fourth-order valence-electron chi connectivity index (χ4n) is 1.95. The molecule has 1 aromatic carbocycles. The van der Waals surface area contributed by atoms with E-state index in [1.165, 1.54) is 15.8 Å². The van der Waals surface area contributed by atoms with Crippen molar-refractivity contribution in [2.24, 2.45) is 0 Å². The standard InChI is InChI=1S/C15H19NO2S/c1-3-14-4-5-15(19-14)9-16-10(2)11-6-12(17)8-13(18)7-11/h4-8,10,16-18H,3,9H2,1-2H3. The lowest BCUT2D eigenvalue weighted by Crippen LogP contribution is -2.17. The molecule has 0 saturated heterocycles. The van der Waals surface area contributed by atoms with Gasteiger partial charge in [-0.2, -0.15) is 0 Å². The number of rotatable bonds is 5. The fourth-order valence-corrected chi connectivity index (χ4v) is 2.86. The third-order valence-electron chi connectivity index (χ3n) is 3.07. The largest absolute Gasteiger partial charge is 0.508 e. The van der Waals surface area contributed by atoms with Gasteiger partial charge in [0.2, 0.25) is 0 Å². The maximum atomic E-state index is 9.48. The zero-order valence-electron chi connectivity index (χ0n) is 11.2. The number of aryl methyl sites for hydroxylation is 1. The van der Waals surface area contributed by atoms with Gasteiger partial charge in [-0.1, -0.05) is 6.92 Å². The van der Waals surface area contributed by atoms with Crippen molar-refractivity contribution >= 4 is 11.3 Å². The Kier molecular flexibility index (Phi) is 4.45. The second kappa shape index (κ2) is 6.08. The number of phenols is 2. The molecule has 0 saturated carbocycles. The lowest BCUT2D eigenvalue weighted by molar-refractivity contribution is 0.446. The van der Waals surface area contributed by atoms with Crippen molar-refractivity contribution in [2.75, 3.05) is 0 Å². The first-order chi connectivity index (χ1) is 9.08. The summed E-state index contributed by atoms with van der Waals surface area (Å²) in [5, 5.41) is 22.4. The van der Waals surface area contributed by atoms with Crippen molar-refractivity contribution in [3.05, 3.63) is 45.6 Å². The van der Waals surface area contributed by atoms with E-state index in [9.17, 15) is 10.2 Å². The SMILES string of the molecule is CCc1ccc(CNC(C)c2cc(O)cc(O)c2)s1. The van der Waals surface area contributed by atoms with Gasteiger partial charge in [0.15, 0.2) is 0 Å². The normalized spacial score (nSPS) is 12.5. The number of nitrogens with one attached hydrogen (secondary N) is 1. The smallest absolute Gasteiger partial charge is 0.119 e. The van der Waals surface area contributed by atoms with Gasteiger partial charge in [-0.05, 0) is 43.2 Å². The van der Waals surface area contributed by atoms with E-state index in [4.69, 9.17) is 0 Å². The van der Waals surface area contributed by atoms with Crippen molar-refractivity contribution in [1.29, 1.82) is 0 Å². The number of thiophene rings is 1. The van der Waals surface area contributed by atoms with Crippen LogP contribution >= 0.6 is 11.3 Å². The molecule has 0 radical (unpaired) electrons. The summed E-state index contributed by atoms with van der Waals surface area (Å²) in [4.78, 5) is 2.69. The molecule has 19 heavy (non-hydrogen) atoms. The summed E-state index contributed by atoms with van der Waals surface area (Å²) < 4.78 is 0. The van der Waals surface area contributed by atoms with E-state index in [0.717, 1.165) is 18.5 Å². The first-order valence-corrected chi connectivity index (χ1v) is 7.24. The molecule has 2 aromatic rings. The Balaban J connectivity index is 1.98. The van der Waals surface area contributed by atoms with Crippen LogP contribution in [0.1, 0.15) is 35.2 Å². The van der Waals surface area contributed by atoms with Crippen LogP contribution in [0.15, 0.2) is 30.3 Å². The first kappa shape index (κ1) is 13.9. The Bertz CT molecular complexity index is 531. The molecule has 0 aliphatic carbocycles. The van der Waals surface area contributed by atoms with Gasteiger partial charge in [-0.15, -0.1) is 11.3 Å². The number of benzene rings is 1. The van der Waals surface area contributed by atoms with Crippen LogP contribution in [0.5, 0.6) is 11.5 Å². The van der Waals surface area contributed by atoms with Crippen LogP contribution in [0.25, 0.3) is 0 Å². The van der Waals surface area contributed by atoms with Gasteiger partial charge in [0.05, 0.1) is 0 Å². The van der Waals surface area contributed by atoms with E-state index < -0.39 is 0 Å². The number of aromatic hydroxyl groups is 2. The summed E-state index contributed by atoms with van der Waals surface area (Å²) >= 11 is 1.82. The highest BCUT2D eigenvalue weighted by atomic mass is 32.1. The maximum absolute atomic E-state index is 9.48. The van der Waals surface area contributed by atoms with Crippen LogP contribution in [-0.4, -0.2) is 10.2 Å². The number of hydrogen-bond acceptors (Lipinski definition) is 4. The van der Waals surface area contributed by atoms with Gasteiger partial charge >= 0.3 is 0 Å². The third-order valence-corrected chi connectivity index (χ3v) is 4.30.